The summed E-state index contributed by atoms with van der Waals surface area (Å²) in [6.45, 7) is 4.63. The fraction of sp³-hybridized carbons (Fsp3) is 0.854. The third kappa shape index (κ3) is 37.4. The van der Waals surface area contributed by atoms with Crippen LogP contribution in [0.2, 0.25) is 0 Å². The summed E-state index contributed by atoms with van der Waals surface area (Å²) >= 11 is 0. The Morgan fingerprint density at radius 1 is 0.518 bits per heavy atom. The maximum Gasteiger partial charge on any atom is 0.306 e. The summed E-state index contributed by atoms with van der Waals surface area (Å²) in [5, 5.41) is 11.6. The standard InChI is InChI=1S/C48H89NO7/c1-6-8-10-12-14-16-18-19-20-21-22-23-24-25-26-27-29-31-33-35-37-39-47(51)56-44(42-54-41-40-45(48(52)53)49(3,4)5)43-55-46(50)38-36-34-32-30-28-17-15-13-11-9-7-2/h13,15,21-22,44-45H,6-12,14,16-20,23-43H2,1-5H3/b15-13-,22-21-. The summed E-state index contributed by atoms with van der Waals surface area (Å²) < 4.78 is 17.2. The molecular weight excluding hydrogens is 703 g/mol. The lowest BCUT2D eigenvalue weighted by atomic mass is 10.1. The summed E-state index contributed by atoms with van der Waals surface area (Å²) in [6, 6.07) is -0.724. The molecule has 0 aliphatic heterocycles. The van der Waals surface area contributed by atoms with Gasteiger partial charge in [0.25, 0.3) is 0 Å². The average molecular weight is 792 g/mol. The first-order valence-electron chi connectivity index (χ1n) is 23.4. The van der Waals surface area contributed by atoms with Crippen LogP contribution < -0.4 is 5.11 Å². The molecule has 0 saturated heterocycles. The number of likely N-dealkylation sites (N-methyl/N-ethyl adjacent to an activating group) is 1. The zero-order valence-corrected chi connectivity index (χ0v) is 37.3. The molecule has 0 aliphatic rings. The van der Waals surface area contributed by atoms with Gasteiger partial charge in [-0.1, -0.05) is 160 Å². The molecule has 0 heterocycles. The minimum atomic E-state index is -1.13. The van der Waals surface area contributed by atoms with Gasteiger partial charge in [0.1, 0.15) is 12.6 Å². The number of hydrogen-bond acceptors (Lipinski definition) is 7. The summed E-state index contributed by atoms with van der Waals surface area (Å²) in [4.78, 5) is 36.8. The number of esters is 2. The Morgan fingerprint density at radius 2 is 0.911 bits per heavy atom. The van der Waals surface area contributed by atoms with Crippen LogP contribution in [0.15, 0.2) is 24.3 Å². The fourth-order valence-electron chi connectivity index (χ4n) is 6.87. The quantitative estimate of drug-likeness (QED) is 0.0262. The average Bonchev–Trinajstić information content (AvgIpc) is 3.15. The van der Waals surface area contributed by atoms with Gasteiger partial charge in [0.2, 0.25) is 0 Å². The van der Waals surface area contributed by atoms with E-state index in [1.807, 2.05) is 0 Å². The molecule has 0 saturated carbocycles. The van der Waals surface area contributed by atoms with Crippen LogP contribution in [0.3, 0.4) is 0 Å². The largest absolute Gasteiger partial charge is 0.544 e. The van der Waals surface area contributed by atoms with Gasteiger partial charge in [-0.05, 0) is 57.8 Å². The number of carbonyl (C=O) groups is 3. The van der Waals surface area contributed by atoms with Gasteiger partial charge in [0.05, 0.1) is 40.3 Å². The molecule has 0 fully saturated rings. The van der Waals surface area contributed by atoms with Gasteiger partial charge in [-0.15, -0.1) is 0 Å². The van der Waals surface area contributed by atoms with E-state index in [-0.39, 0.29) is 42.7 Å². The minimum Gasteiger partial charge on any atom is -0.544 e. The van der Waals surface area contributed by atoms with Gasteiger partial charge in [-0.25, -0.2) is 0 Å². The van der Waals surface area contributed by atoms with Crippen molar-refractivity contribution in [2.45, 2.75) is 225 Å². The van der Waals surface area contributed by atoms with Crippen LogP contribution in [0.1, 0.15) is 213 Å². The molecule has 0 aromatic heterocycles. The first-order valence-corrected chi connectivity index (χ1v) is 23.4. The van der Waals surface area contributed by atoms with Gasteiger partial charge in [-0.3, -0.25) is 9.59 Å². The van der Waals surface area contributed by atoms with Gasteiger partial charge >= 0.3 is 11.9 Å². The number of aliphatic carboxylic acids is 1. The Kier molecular flexibility index (Phi) is 38.1. The smallest absolute Gasteiger partial charge is 0.306 e. The van der Waals surface area contributed by atoms with Crippen LogP contribution in [-0.4, -0.2) is 75.5 Å². The molecule has 328 valence electrons. The van der Waals surface area contributed by atoms with Crippen molar-refractivity contribution in [3.63, 3.8) is 0 Å². The molecule has 0 aromatic rings. The van der Waals surface area contributed by atoms with Crippen molar-refractivity contribution >= 4 is 17.9 Å². The number of carbonyl (C=O) groups excluding carboxylic acids is 3. The van der Waals surface area contributed by atoms with Crippen molar-refractivity contribution < 1.29 is 38.2 Å². The van der Waals surface area contributed by atoms with Crippen LogP contribution >= 0.6 is 0 Å². The Balaban J connectivity index is 4.24. The number of carboxylic acids is 1. The highest BCUT2D eigenvalue weighted by atomic mass is 16.6. The molecule has 0 spiro atoms. The Bertz CT molecular complexity index is 973. The van der Waals surface area contributed by atoms with E-state index in [0.717, 1.165) is 51.4 Å². The van der Waals surface area contributed by atoms with E-state index in [1.54, 1.807) is 21.1 Å². The van der Waals surface area contributed by atoms with Crippen molar-refractivity contribution in [2.24, 2.45) is 0 Å². The van der Waals surface area contributed by atoms with E-state index in [4.69, 9.17) is 14.2 Å². The SMILES string of the molecule is CCCC/C=C\CCCCCCCC(=O)OCC(COCCC(C(=O)[O-])[N+](C)(C)C)OC(=O)CCCCCCCCCCC/C=C\CCCCCCCCCC. The van der Waals surface area contributed by atoms with Crippen LogP contribution in [0, 0.1) is 0 Å². The van der Waals surface area contributed by atoms with E-state index < -0.39 is 18.1 Å². The molecule has 8 heteroatoms. The number of nitrogens with zero attached hydrogens (tertiary/aromatic N) is 1. The number of quaternary nitrogens is 1. The van der Waals surface area contributed by atoms with Crippen LogP contribution in [0.25, 0.3) is 0 Å². The molecule has 0 aromatic carbocycles. The van der Waals surface area contributed by atoms with Crippen molar-refractivity contribution in [2.75, 3.05) is 41.0 Å². The fourth-order valence-corrected chi connectivity index (χ4v) is 6.87. The Hall–Kier alpha value is -2.19. The van der Waals surface area contributed by atoms with E-state index in [9.17, 15) is 19.5 Å². The highest BCUT2D eigenvalue weighted by Crippen LogP contribution is 2.15. The van der Waals surface area contributed by atoms with E-state index >= 15 is 0 Å². The number of hydrogen-bond donors (Lipinski definition) is 0. The summed E-state index contributed by atoms with van der Waals surface area (Å²) in [7, 11) is 5.41. The summed E-state index contributed by atoms with van der Waals surface area (Å²) in [5.41, 5.74) is 0. The van der Waals surface area contributed by atoms with Crippen molar-refractivity contribution in [1.29, 1.82) is 0 Å². The second-order valence-corrected chi connectivity index (χ2v) is 17.0. The Morgan fingerprint density at radius 3 is 1.34 bits per heavy atom. The van der Waals surface area contributed by atoms with E-state index in [2.05, 4.69) is 38.2 Å². The first kappa shape index (κ1) is 53.8. The highest BCUT2D eigenvalue weighted by Gasteiger charge is 2.25. The van der Waals surface area contributed by atoms with E-state index in [0.29, 0.717) is 12.8 Å². The zero-order chi connectivity index (χ0) is 41.4. The van der Waals surface area contributed by atoms with Gasteiger partial charge < -0.3 is 28.6 Å². The monoisotopic (exact) mass is 792 g/mol. The highest BCUT2D eigenvalue weighted by molar-refractivity contribution is 5.70. The molecule has 0 N–H and O–H groups in total. The van der Waals surface area contributed by atoms with Crippen molar-refractivity contribution in [3.05, 3.63) is 24.3 Å². The van der Waals surface area contributed by atoms with Crippen molar-refractivity contribution in [1.82, 2.24) is 0 Å². The molecule has 56 heavy (non-hydrogen) atoms. The summed E-state index contributed by atoms with van der Waals surface area (Å²) in [5.74, 6) is -1.74. The zero-order valence-electron chi connectivity index (χ0n) is 37.3. The molecule has 0 radical (unpaired) electrons. The second kappa shape index (κ2) is 39.6. The second-order valence-electron chi connectivity index (χ2n) is 17.0. The van der Waals surface area contributed by atoms with Crippen LogP contribution in [-0.2, 0) is 28.6 Å². The van der Waals surface area contributed by atoms with Gasteiger partial charge in [-0.2, -0.15) is 0 Å². The van der Waals surface area contributed by atoms with Crippen molar-refractivity contribution in [3.8, 4) is 0 Å². The molecule has 0 amide bonds. The predicted molar refractivity (Wildman–Crippen MR) is 231 cm³/mol. The normalized spacial score (nSPS) is 13.1. The molecule has 2 atom stereocenters. The minimum absolute atomic E-state index is 0.0401. The lowest BCUT2D eigenvalue weighted by molar-refractivity contribution is -0.889. The van der Waals surface area contributed by atoms with Gasteiger partial charge in [0, 0.05) is 19.3 Å². The first-order chi connectivity index (χ1) is 27.1. The number of unbranched alkanes of at least 4 members (excludes halogenated alkanes) is 24. The maximum atomic E-state index is 12.7. The summed E-state index contributed by atoms with van der Waals surface area (Å²) in [6.07, 6.45) is 43.5. The molecule has 0 aliphatic carbocycles. The third-order valence-corrected chi connectivity index (χ3v) is 10.6. The van der Waals surface area contributed by atoms with Crippen LogP contribution in [0.5, 0.6) is 0 Å². The molecule has 8 nitrogen and oxygen atoms in total. The van der Waals surface area contributed by atoms with Gasteiger partial charge in [0.15, 0.2) is 6.10 Å². The topological polar surface area (TPSA) is 102 Å². The lowest BCUT2D eigenvalue weighted by Gasteiger charge is -2.34. The molecule has 0 rings (SSSR count). The number of allylic oxidation sites excluding steroid dienone is 4. The molecule has 0 bridgehead atoms. The lowest BCUT2D eigenvalue weighted by Crippen LogP contribution is -2.55. The van der Waals surface area contributed by atoms with Crippen LogP contribution in [0.4, 0.5) is 0 Å². The number of rotatable bonds is 42. The predicted octanol–water partition coefficient (Wildman–Crippen LogP) is 11.5. The molecule has 2 unspecified atom stereocenters. The van der Waals surface area contributed by atoms with E-state index in [1.165, 1.54) is 128 Å². The maximum absolute atomic E-state index is 12.7. The third-order valence-electron chi connectivity index (χ3n) is 10.6. The number of ether oxygens (including phenoxy) is 3. The molecular formula is C48H89NO7. The Labute approximate surface area is 345 Å². The number of carboxylic acid groups (broad SMARTS) is 1.